The van der Waals surface area contributed by atoms with Crippen LogP contribution >= 0.6 is 34.3 Å². The van der Waals surface area contributed by atoms with Crippen LogP contribution in [0.2, 0.25) is 5.02 Å². The van der Waals surface area contributed by atoms with Gasteiger partial charge in [0.25, 0.3) is 0 Å². The van der Waals surface area contributed by atoms with E-state index in [4.69, 9.17) is 21.6 Å². The zero-order valence-electron chi connectivity index (χ0n) is 16.9. The number of aliphatic imine (C=N–C) groups is 1. The molecular weight excluding hydrogens is 481 g/mol. The second-order valence-corrected chi connectivity index (χ2v) is 9.89. The van der Waals surface area contributed by atoms with Crippen molar-refractivity contribution in [1.82, 2.24) is 15.4 Å². The van der Waals surface area contributed by atoms with Gasteiger partial charge in [-0.2, -0.15) is 0 Å². The molecule has 0 amide bonds. The summed E-state index contributed by atoms with van der Waals surface area (Å²) in [7, 11) is 0. The molecule has 1 saturated heterocycles. The molecule has 0 radical (unpaired) electrons. The Labute approximate surface area is 200 Å². The minimum absolute atomic E-state index is 0.0638. The largest absolute Gasteiger partial charge is 0.508 e. The molecule has 1 unspecified atom stereocenters. The summed E-state index contributed by atoms with van der Waals surface area (Å²) in [4.78, 5) is 14.0. The van der Waals surface area contributed by atoms with Crippen molar-refractivity contribution in [2.75, 3.05) is 5.01 Å². The smallest absolute Gasteiger partial charge is 0.212 e. The second-order valence-electron chi connectivity index (χ2n) is 7.52. The molecule has 0 saturated carbocycles. The van der Waals surface area contributed by atoms with E-state index in [0.717, 1.165) is 20.9 Å². The van der Waals surface area contributed by atoms with Crippen molar-refractivity contribution >= 4 is 70.8 Å². The Morgan fingerprint density at radius 2 is 1.85 bits per heavy atom. The number of para-hydroxylation sites is 1. The van der Waals surface area contributed by atoms with Crippen LogP contribution < -0.4 is 10.4 Å². The van der Waals surface area contributed by atoms with Crippen LogP contribution in [-0.2, 0) is 0 Å². The summed E-state index contributed by atoms with van der Waals surface area (Å²) in [6, 6.07) is 18.0. The fourth-order valence-electron chi connectivity index (χ4n) is 3.80. The molecule has 6 nitrogen and oxygen atoms in total. The van der Waals surface area contributed by atoms with Gasteiger partial charge in [0, 0.05) is 6.42 Å². The molecule has 2 aromatic heterocycles. The number of nitrogens with zero attached hydrogens (tertiary/aromatic N) is 4. The molecule has 33 heavy (non-hydrogen) atoms. The van der Waals surface area contributed by atoms with Crippen molar-refractivity contribution in [3.05, 3.63) is 77.1 Å². The average molecular weight is 496 g/mol. The molecule has 1 atom stereocenters. The lowest BCUT2D eigenvalue weighted by Crippen LogP contribution is -2.34. The number of anilines is 1. The Balaban J connectivity index is 1.40. The summed E-state index contributed by atoms with van der Waals surface area (Å²) in [5, 5.41) is 13.1. The van der Waals surface area contributed by atoms with Gasteiger partial charge < -0.3 is 5.11 Å². The van der Waals surface area contributed by atoms with Gasteiger partial charge in [-0.25, -0.2) is 19.4 Å². The molecule has 1 aliphatic rings. The lowest BCUT2D eigenvalue weighted by Gasteiger charge is -2.23. The van der Waals surface area contributed by atoms with Gasteiger partial charge in [-0.1, -0.05) is 58.5 Å². The summed E-state index contributed by atoms with van der Waals surface area (Å²) in [5.74, 6) is 0.451. The molecule has 10 heteroatoms. The molecule has 0 bridgehead atoms. The van der Waals surface area contributed by atoms with Crippen LogP contribution in [-0.4, -0.2) is 20.9 Å². The SMILES string of the molecule is Oc1ccc(C2C/C(=N/c3nc4ccc(F)c(Cl)c4s3)NN2c2nc3ccccc3s2)cc1. The van der Waals surface area contributed by atoms with E-state index in [2.05, 4.69) is 10.4 Å². The number of fused-ring (bicyclic) bond motifs is 2. The van der Waals surface area contributed by atoms with E-state index < -0.39 is 5.82 Å². The Morgan fingerprint density at radius 3 is 2.67 bits per heavy atom. The average Bonchev–Trinajstić information content (AvgIpc) is 3.53. The second kappa shape index (κ2) is 7.95. The number of phenols is 1. The number of phenolic OH excluding ortho intramolecular Hbond substituents is 1. The first-order chi connectivity index (χ1) is 16.0. The number of thiazole rings is 2. The van der Waals surface area contributed by atoms with Crippen LogP contribution in [0, 0.1) is 5.82 Å². The number of rotatable bonds is 3. The van der Waals surface area contributed by atoms with E-state index in [1.807, 2.05) is 41.4 Å². The minimum Gasteiger partial charge on any atom is -0.508 e. The molecule has 2 N–H and O–H groups in total. The van der Waals surface area contributed by atoms with E-state index in [9.17, 15) is 9.50 Å². The van der Waals surface area contributed by atoms with E-state index in [1.54, 1.807) is 29.5 Å². The predicted molar refractivity (Wildman–Crippen MR) is 132 cm³/mol. The molecule has 0 spiro atoms. The van der Waals surface area contributed by atoms with Gasteiger partial charge in [-0.3, -0.25) is 10.4 Å². The summed E-state index contributed by atoms with van der Waals surface area (Å²) < 4.78 is 15.5. The van der Waals surface area contributed by atoms with Crippen molar-refractivity contribution in [2.24, 2.45) is 4.99 Å². The normalized spacial score (nSPS) is 17.3. The van der Waals surface area contributed by atoms with Gasteiger partial charge in [0.1, 0.15) is 17.4 Å². The number of hydrogen-bond acceptors (Lipinski definition) is 7. The van der Waals surface area contributed by atoms with Crippen LogP contribution in [0.3, 0.4) is 0 Å². The maximum atomic E-state index is 13.8. The highest BCUT2D eigenvalue weighted by Gasteiger charge is 2.33. The van der Waals surface area contributed by atoms with E-state index >= 15 is 0 Å². The zero-order chi connectivity index (χ0) is 22.5. The first-order valence-corrected chi connectivity index (χ1v) is 12.1. The van der Waals surface area contributed by atoms with Crippen LogP contribution in [0.4, 0.5) is 14.7 Å². The summed E-state index contributed by atoms with van der Waals surface area (Å²) in [5.41, 5.74) is 5.93. The number of aromatic hydroxyl groups is 1. The molecule has 5 aromatic rings. The summed E-state index contributed by atoms with van der Waals surface area (Å²) >= 11 is 8.95. The van der Waals surface area contributed by atoms with Crippen molar-refractivity contribution in [2.45, 2.75) is 12.5 Å². The van der Waals surface area contributed by atoms with E-state index in [-0.39, 0.29) is 16.8 Å². The first-order valence-electron chi connectivity index (χ1n) is 10.1. The highest BCUT2D eigenvalue weighted by molar-refractivity contribution is 7.22. The molecular formula is C23H15ClFN5OS2. The number of nitrogens with one attached hydrogen (secondary N) is 1. The molecule has 164 valence electrons. The van der Waals surface area contributed by atoms with Crippen LogP contribution in [0.15, 0.2) is 65.7 Å². The number of hydrogen-bond donors (Lipinski definition) is 2. The van der Waals surface area contributed by atoms with Gasteiger partial charge in [0.15, 0.2) is 0 Å². The number of hydrazine groups is 1. The maximum absolute atomic E-state index is 13.8. The standard InChI is InChI=1S/C23H15ClFN5OS2/c24-20-14(25)9-10-16-21(20)33-22(26-16)28-19-11-17(12-5-7-13(31)8-6-12)30(29-19)23-27-15-3-1-2-4-18(15)32-23/h1-10,17,31H,11H2,(H,26,28,29). The maximum Gasteiger partial charge on any atom is 0.212 e. The molecule has 1 fully saturated rings. The monoisotopic (exact) mass is 495 g/mol. The van der Waals surface area contributed by atoms with Crippen LogP contribution in [0.25, 0.3) is 20.4 Å². The van der Waals surface area contributed by atoms with Gasteiger partial charge in [0.05, 0.1) is 31.5 Å². The van der Waals surface area contributed by atoms with Crippen molar-refractivity contribution in [1.29, 1.82) is 0 Å². The number of halogens is 2. The Hall–Kier alpha value is -3.27. The Kier molecular flexibility index (Phi) is 4.90. The highest BCUT2D eigenvalue weighted by atomic mass is 35.5. The van der Waals surface area contributed by atoms with Crippen molar-refractivity contribution < 1.29 is 9.50 Å². The van der Waals surface area contributed by atoms with Gasteiger partial charge in [-0.15, -0.1) is 0 Å². The molecule has 3 heterocycles. The fourth-order valence-corrected chi connectivity index (χ4v) is 5.94. The molecule has 3 aromatic carbocycles. The third kappa shape index (κ3) is 3.68. The number of aromatic nitrogens is 2. The summed E-state index contributed by atoms with van der Waals surface area (Å²) in [6.07, 6.45) is 0.582. The van der Waals surface area contributed by atoms with Gasteiger partial charge in [-0.05, 0) is 42.0 Å². The predicted octanol–water partition coefficient (Wildman–Crippen LogP) is 6.59. The lowest BCUT2D eigenvalue weighted by atomic mass is 10.0. The van der Waals surface area contributed by atoms with Gasteiger partial charge in [0.2, 0.25) is 10.3 Å². The molecule has 6 rings (SSSR count). The Bertz CT molecular complexity index is 1500. The van der Waals surface area contributed by atoms with Crippen LogP contribution in [0.1, 0.15) is 18.0 Å². The molecule has 0 aliphatic carbocycles. The quantitative estimate of drug-likeness (QED) is 0.295. The fraction of sp³-hybridized carbons (Fsp3) is 0.0870. The topological polar surface area (TPSA) is 73.6 Å². The number of benzene rings is 3. The van der Waals surface area contributed by atoms with Crippen LogP contribution in [0.5, 0.6) is 5.75 Å². The Morgan fingerprint density at radius 1 is 1.03 bits per heavy atom. The third-order valence-electron chi connectivity index (χ3n) is 5.38. The van der Waals surface area contributed by atoms with Crippen molar-refractivity contribution in [3.8, 4) is 5.75 Å². The summed E-state index contributed by atoms with van der Waals surface area (Å²) in [6.45, 7) is 0. The van der Waals surface area contributed by atoms with E-state index in [0.29, 0.717) is 27.6 Å². The highest BCUT2D eigenvalue weighted by Crippen LogP contribution is 2.39. The third-order valence-corrected chi connectivity index (χ3v) is 7.88. The van der Waals surface area contributed by atoms with Crippen molar-refractivity contribution in [3.63, 3.8) is 0 Å². The lowest BCUT2D eigenvalue weighted by molar-refractivity contribution is 0.475. The van der Waals surface area contributed by atoms with Gasteiger partial charge >= 0.3 is 0 Å². The minimum atomic E-state index is -0.472. The number of amidine groups is 1. The first kappa shape index (κ1) is 20.3. The zero-order valence-corrected chi connectivity index (χ0v) is 19.3. The molecule has 1 aliphatic heterocycles. The van der Waals surface area contributed by atoms with E-state index in [1.165, 1.54) is 17.4 Å².